The lowest BCUT2D eigenvalue weighted by molar-refractivity contribution is -0.122. The number of rotatable bonds is 5. The van der Waals surface area contributed by atoms with Crippen LogP contribution in [0.2, 0.25) is 0 Å². The van der Waals surface area contributed by atoms with Gasteiger partial charge in [-0.2, -0.15) is 0 Å². The number of benzene rings is 2. The Morgan fingerprint density at radius 2 is 1.85 bits per heavy atom. The van der Waals surface area contributed by atoms with E-state index in [1.54, 1.807) is 37.3 Å². The number of methoxy groups -OCH3 is 2. The number of ether oxygens (including phenoxy) is 2. The molecule has 1 fully saturated rings. The van der Waals surface area contributed by atoms with E-state index in [-0.39, 0.29) is 18.2 Å². The molecule has 26 heavy (non-hydrogen) atoms. The molecular formula is C20H22N2O4. The van der Waals surface area contributed by atoms with Crippen LogP contribution in [0, 0.1) is 12.8 Å². The van der Waals surface area contributed by atoms with Crippen LogP contribution in [0.1, 0.15) is 12.0 Å². The molecule has 6 nitrogen and oxygen atoms in total. The Kier molecular flexibility index (Phi) is 5.11. The zero-order chi connectivity index (χ0) is 18.7. The maximum absolute atomic E-state index is 12.6. The minimum absolute atomic E-state index is 0.0354. The Morgan fingerprint density at radius 3 is 2.54 bits per heavy atom. The van der Waals surface area contributed by atoms with Crippen LogP contribution in [0.15, 0.2) is 42.5 Å². The molecule has 2 amide bonds. The quantitative estimate of drug-likeness (QED) is 0.896. The molecule has 0 saturated carbocycles. The smallest absolute Gasteiger partial charge is 0.229 e. The van der Waals surface area contributed by atoms with Gasteiger partial charge in [0.05, 0.1) is 20.1 Å². The number of carbonyl (C=O) groups is 2. The lowest BCUT2D eigenvalue weighted by Crippen LogP contribution is -2.28. The summed E-state index contributed by atoms with van der Waals surface area (Å²) < 4.78 is 10.4. The molecule has 136 valence electrons. The molecule has 0 spiro atoms. The summed E-state index contributed by atoms with van der Waals surface area (Å²) in [7, 11) is 3.10. The molecule has 1 unspecified atom stereocenters. The molecule has 0 aromatic heterocycles. The van der Waals surface area contributed by atoms with Crippen LogP contribution in [0.5, 0.6) is 11.5 Å². The summed E-state index contributed by atoms with van der Waals surface area (Å²) in [6, 6.07) is 12.9. The van der Waals surface area contributed by atoms with Crippen molar-refractivity contribution in [3.8, 4) is 11.5 Å². The molecule has 0 aliphatic carbocycles. The third-order valence-electron chi connectivity index (χ3n) is 4.55. The molecule has 6 heteroatoms. The first kappa shape index (κ1) is 17.8. The monoisotopic (exact) mass is 354 g/mol. The van der Waals surface area contributed by atoms with Crippen molar-refractivity contribution in [3.05, 3.63) is 48.0 Å². The van der Waals surface area contributed by atoms with Gasteiger partial charge in [0.1, 0.15) is 0 Å². The number of amides is 2. The van der Waals surface area contributed by atoms with Gasteiger partial charge < -0.3 is 19.7 Å². The minimum atomic E-state index is -0.393. The molecule has 1 N–H and O–H groups in total. The van der Waals surface area contributed by atoms with Crippen molar-refractivity contribution in [2.45, 2.75) is 13.3 Å². The Labute approximate surface area is 152 Å². The predicted molar refractivity (Wildman–Crippen MR) is 99.8 cm³/mol. The molecule has 3 rings (SSSR count). The number of hydrogen-bond donors (Lipinski definition) is 1. The highest BCUT2D eigenvalue weighted by Gasteiger charge is 2.35. The third-order valence-corrected chi connectivity index (χ3v) is 4.55. The first-order chi connectivity index (χ1) is 12.5. The summed E-state index contributed by atoms with van der Waals surface area (Å²) >= 11 is 0. The van der Waals surface area contributed by atoms with Crippen molar-refractivity contribution in [1.29, 1.82) is 0 Å². The number of nitrogens with zero attached hydrogens (tertiary/aromatic N) is 1. The predicted octanol–water partition coefficient (Wildman–Crippen LogP) is 3.00. The van der Waals surface area contributed by atoms with Crippen LogP contribution >= 0.6 is 0 Å². The van der Waals surface area contributed by atoms with E-state index in [4.69, 9.17) is 9.47 Å². The zero-order valence-corrected chi connectivity index (χ0v) is 15.1. The van der Waals surface area contributed by atoms with E-state index < -0.39 is 5.92 Å². The number of carbonyl (C=O) groups excluding carboxylic acids is 2. The van der Waals surface area contributed by atoms with Gasteiger partial charge in [-0.05, 0) is 30.7 Å². The highest BCUT2D eigenvalue weighted by atomic mass is 16.5. The van der Waals surface area contributed by atoms with Crippen molar-refractivity contribution >= 4 is 23.2 Å². The molecule has 0 radical (unpaired) electrons. The lowest BCUT2D eigenvalue weighted by Gasteiger charge is -2.19. The summed E-state index contributed by atoms with van der Waals surface area (Å²) in [4.78, 5) is 26.7. The highest BCUT2D eigenvalue weighted by Crippen LogP contribution is 2.31. The second-order valence-electron chi connectivity index (χ2n) is 6.25. The summed E-state index contributed by atoms with van der Waals surface area (Å²) in [5, 5.41) is 2.86. The van der Waals surface area contributed by atoms with Gasteiger partial charge in [0.2, 0.25) is 11.8 Å². The van der Waals surface area contributed by atoms with Gasteiger partial charge in [0.25, 0.3) is 0 Å². The second kappa shape index (κ2) is 7.47. The Morgan fingerprint density at radius 1 is 1.12 bits per heavy atom. The van der Waals surface area contributed by atoms with Crippen molar-refractivity contribution in [2.24, 2.45) is 5.92 Å². The average Bonchev–Trinajstić information content (AvgIpc) is 3.03. The number of aryl methyl sites for hydroxylation is 1. The zero-order valence-electron chi connectivity index (χ0n) is 15.1. The fraction of sp³-hybridized carbons (Fsp3) is 0.300. The van der Waals surface area contributed by atoms with E-state index in [2.05, 4.69) is 5.32 Å². The van der Waals surface area contributed by atoms with E-state index in [9.17, 15) is 9.59 Å². The van der Waals surface area contributed by atoms with Gasteiger partial charge in [-0.3, -0.25) is 9.59 Å². The number of nitrogens with one attached hydrogen (secondary N) is 1. The molecular weight excluding hydrogens is 332 g/mol. The summed E-state index contributed by atoms with van der Waals surface area (Å²) in [5.41, 5.74) is 2.48. The van der Waals surface area contributed by atoms with Crippen molar-refractivity contribution in [2.75, 3.05) is 31.0 Å². The molecule has 1 aliphatic rings. The summed E-state index contributed by atoms with van der Waals surface area (Å²) in [6.07, 6.45) is 0.202. The molecule has 2 aromatic carbocycles. The maximum Gasteiger partial charge on any atom is 0.229 e. The summed E-state index contributed by atoms with van der Waals surface area (Å²) in [5.74, 6) is 0.519. The van der Waals surface area contributed by atoms with E-state index in [0.29, 0.717) is 23.7 Å². The van der Waals surface area contributed by atoms with E-state index >= 15 is 0 Å². The van der Waals surface area contributed by atoms with E-state index in [1.165, 1.54) is 0 Å². The second-order valence-corrected chi connectivity index (χ2v) is 6.25. The largest absolute Gasteiger partial charge is 0.493 e. The topological polar surface area (TPSA) is 67.9 Å². The number of hydrogen-bond acceptors (Lipinski definition) is 4. The van der Waals surface area contributed by atoms with Crippen LogP contribution < -0.4 is 19.7 Å². The molecule has 1 heterocycles. The maximum atomic E-state index is 12.6. The van der Waals surface area contributed by atoms with Gasteiger partial charge in [0.15, 0.2) is 11.5 Å². The highest BCUT2D eigenvalue weighted by molar-refractivity contribution is 6.03. The van der Waals surface area contributed by atoms with Crippen molar-refractivity contribution in [3.63, 3.8) is 0 Å². The third kappa shape index (κ3) is 3.49. The van der Waals surface area contributed by atoms with E-state index in [1.807, 2.05) is 31.2 Å². The Balaban J connectivity index is 1.72. The standard InChI is InChI=1S/C20H22N2O4/c1-13-6-4-5-7-16(13)22-12-14(10-19(22)23)20(24)21-15-8-9-17(25-2)18(11-15)26-3/h4-9,11,14H,10,12H2,1-3H3,(H,21,24). The lowest BCUT2D eigenvalue weighted by atomic mass is 10.1. The fourth-order valence-electron chi connectivity index (χ4n) is 3.14. The van der Waals surface area contributed by atoms with Crippen LogP contribution in [-0.2, 0) is 9.59 Å². The van der Waals surface area contributed by atoms with Crippen LogP contribution in [0.3, 0.4) is 0 Å². The normalized spacial score (nSPS) is 16.5. The molecule has 1 saturated heterocycles. The van der Waals surface area contributed by atoms with E-state index in [0.717, 1.165) is 11.3 Å². The van der Waals surface area contributed by atoms with Gasteiger partial charge in [0, 0.05) is 30.4 Å². The van der Waals surface area contributed by atoms with Crippen molar-refractivity contribution < 1.29 is 19.1 Å². The van der Waals surface area contributed by atoms with Crippen molar-refractivity contribution in [1.82, 2.24) is 0 Å². The first-order valence-corrected chi connectivity index (χ1v) is 8.42. The Bertz CT molecular complexity index is 834. The SMILES string of the molecule is COc1ccc(NC(=O)C2CC(=O)N(c3ccccc3C)C2)cc1OC. The van der Waals surface area contributed by atoms with Gasteiger partial charge in [-0.1, -0.05) is 18.2 Å². The molecule has 1 atom stereocenters. The summed E-state index contributed by atoms with van der Waals surface area (Å²) in [6.45, 7) is 2.34. The van der Waals surface area contributed by atoms with Gasteiger partial charge in [-0.15, -0.1) is 0 Å². The van der Waals surface area contributed by atoms with Gasteiger partial charge in [-0.25, -0.2) is 0 Å². The fourth-order valence-corrected chi connectivity index (χ4v) is 3.14. The van der Waals surface area contributed by atoms with Crippen LogP contribution in [0.25, 0.3) is 0 Å². The Hall–Kier alpha value is -3.02. The molecule has 1 aliphatic heterocycles. The molecule has 0 bridgehead atoms. The van der Waals surface area contributed by atoms with Crippen LogP contribution in [0.4, 0.5) is 11.4 Å². The first-order valence-electron chi connectivity index (χ1n) is 8.42. The van der Waals surface area contributed by atoms with Gasteiger partial charge >= 0.3 is 0 Å². The molecule has 2 aromatic rings. The minimum Gasteiger partial charge on any atom is -0.493 e. The average molecular weight is 354 g/mol. The van der Waals surface area contributed by atoms with Crippen LogP contribution in [-0.4, -0.2) is 32.6 Å². The number of anilines is 2. The number of para-hydroxylation sites is 1.